The van der Waals surface area contributed by atoms with Crippen molar-refractivity contribution in [2.45, 2.75) is 19.9 Å². The second kappa shape index (κ2) is 9.67. The zero-order valence-corrected chi connectivity index (χ0v) is 15.2. The summed E-state index contributed by atoms with van der Waals surface area (Å²) in [5.74, 6) is 0.589. The van der Waals surface area contributed by atoms with Crippen LogP contribution in [-0.4, -0.2) is 33.1 Å². The number of guanidine groups is 1. The van der Waals surface area contributed by atoms with E-state index in [0.29, 0.717) is 6.54 Å². The van der Waals surface area contributed by atoms with Crippen LogP contribution in [0.2, 0.25) is 0 Å². The summed E-state index contributed by atoms with van der Waals surface area (Å²) in [4.78, 5) is 6.73. The van der Waals surface area contributed by atoms with E-state index >= 15 is 0 Å². The highest BCUT2D eigenvalue weighted by Gasteiger charge is 2.01. The smallest absolute Gasteiger partial charge is 0.191 e. The molecule has 5 heteroatoms. The minimum absolute atomic E-state index is 0.202. The molecule has 2 rings (SSSR count). The van der Waals surface area contributed by atoms with E-state index in [9.17, 15) is 4.39 Å². The number of halogens is 1. The van der Waals surface area contributed by atoms with Gasteiger partial charge in [-0.25, -0.2) is 9.38 Å². The maximum atomic E-state index is 12.9. The fourth-order valence-corrected chi connectivity index (χ4v) is 2.42. The third-order valence-electron chi connectivity index (χ3n) is 3.81. The van der Waals surface area contributed by atoms with Gasteiger partial charge in [0.15, 0.2) is 5.96 Å². The van der Waals surface area contributed by atoms with E-state index in [1.165, 1.54) is 23.4 Å². The molecule has 0 fully saturated rings. The molecule has 0 aromatic heterocycles. The van der Waals surface area contributed by atoms with Crippen molar-refractivity contribution in [3.63, 3.8) is 0 Å². The van der Waals surface area contributed by atoms with Gasteiger partial charge in [-0.05, 0) is 48.7 Å². The van der Waals surface area contributed by atoms with Gasteiger partial charge in [0, 0.05) is 32.9 Å². The Balaban J connectivity index is 1.91. The van der Waals surface area contributed by atoms with E-state index < -0.39 is 0 Å². The van der Waals surface area contributed by atoms with Crippen molar-refractivity contribution in [1.29, 1.82) is 0 Å². The molecule has 0 radical (unpaired) electrons. The lowest BCUT2D eigenvalue weighted by atomic mass is 10.1. The molecule has 0 heterocycles. The Labute approximate surface area is 149 Å². The fraction of sp³-hybridized carbons (Fsp3) is 0.350. The highest BCUT2D eigenvalue weighted by Crippen LogP contribution is 2.13. The van der Waals surface area contributed by atoms with Gasteiger partial charge in [0.1, 0.15) is 5.82 Å². The molecule has 0 spiro atoms. The van der Waals surface area contributed by atoms with Crippen molar-refractivity contribution < 1.29 is 4.39 Å². The predicted molar refractivity (Wildman–Crippen MR) is 104 cm³/mol. The molecule has 0 saturated carbocycles. The molecule has 4 nitrogen and oxygen atoms in total. The second-order valence-corrected chi connectivity index (χ2v) is 6.06. The van der Waals surface area contributed by atoms with Crippen molar-refractivity contribution in [2.24, 2.45) is 4.99 Å². The van der Waals surface area contributed by atoms with E-state index in [1.807, 2.05) is 33.2 Å². The molecule has 0 bridgehead atoms. The number of hydrogen-bond acceptors (Lipinski definition) is 2. The van der Waals surface area contributed by atoms with Crippen LogP contribution < -0.4 is 15.5 Å². The topological polar surface area (TPSA) is 39.7 Å². The highest BCUT2D eigenvalue weighted by molar-refractivity contribution is 5.79. The van der Waals surface area contributed by atoms with Crippen LogP contribution in [0.5, 0.6) is 0 Å². The quantitative estimate of drug-likeness (QED) is 0.600. The molecule has 0 aliphatic carbocycles. The van der Waals surface area contributed by atoms with Crippen LogP contribution >= 0.6 is 0 Å². The van der Waals surface area contributed by atoms with E-state index in [0.717, 1.165) is 31.0 Å². The summed E-state index contributed by atoms with van der Waals surface area (Å²) >= 11 is 0. The van der Waals surface area contributed by atoms with Crippen molar-refractivity contribution in [2.75, 3.05) is 32.1 Å². The molecule has 134 valence electrons. The number of nitrogens with zero attached hydrogens (tertiary/aromatic N) is 2. The van der Waals surface area contributed by atoms with Gasteiger partial charge in [-0.3, -0.25) is 0 Å². The van der Waals surface area contributed by atoms with Crippen LogP contribution in [0.25, 0.3) is 0 Å². The van der Waals surface area contributed by atoms with Gasteiger partial charge < -0.3 is 15.5 Å². The second-order valence-electron chi connectivity index (χ2n) is 6.06. The Morgan fingerprint density at radius 2 is 1.80 bits per heavy atom. The first-order valence-electron chi connectivity index (χ1n) is 8.61. The van der Waals surface area contributed by atoms with Crippen LogP contribution in [0.3, 0.4) is 0 Å². The number of aliphatic imine (C=N–C) groups is 1. The summed E-state index contributed by atoms with van der Waals surface area (Å²) in [5.41, 5.74) is 3.44. The molecule has 2 aromatic carbocycles. The van der Waals surface area contributed by atoms with E-state index in [-0.39, 0.29) is 5.82 Å². The number of rotatable bonds is 7. The molecule has 2 aromatic rings. The summed E-state index contributed by atoms with van der Waals surface area (Å²) in [6.45, 7) is 4.22. The standard InChI is InChI=1S/C20H27FN4/c1-4-22-20(23-13-12-16-8-10-18(21)11-9-16)24-15-17-6-5-7-19(14-17)25(2)3/h5-11,14H,4,12-13,15H2,1-3H3,(H2,22,23,24). The molecule has 0 aliphatic rings. The third kappa shape index (κ3) is 6.45. The fourth-order valence-electron chi connectivity index (χ4n) is 2.42. The molecule has 0 aliphatic heterocycles. The Bertz CT molecular complexity index is 680. The Morgan fingerprint density at radius 1 is 1.04 bits per heavy atom. The van der Waals surface area contributed by atoms with Crippen LogP contribution in [0.15, 0.2) is 53.5 Å². The van der Waals surface area contributed by atoms with Gasteiger partial charge in [0.25, 0.3) is 0 Å². The third-order valence-corrected chi connectivity index (χ3v) is 3.81. The summed E-state index contributed by atoms with van der Waals surface area (Å²) < 4.78 is 12.9. The first-order chi connectivity index (χ1) is 12.1. The van der Waals surface area contributed by atoms with Crippen LogP contribution in [0.4, 0.5) is 10.1 Å². The Hall–Kier alpha value is -2.56. The molecule has 0 atom stereocenters. The average Bonchev–Trinajstić information content (AvgIpc) is 2.61. The van der Waals surface area contributed by atoms with E-state index in [4.69, 9.17) is 0 Å². The maximum Gasteiger partial charge on any atom is 0.191 e. The Morgan fingerprint density at radius 3 is 2.48 bits per heavy atom. The van der Waals surface area contributed by atoms with Crippen LogP contribution in [0, 0.1) is 5.82 Å². The van der Waals surface area contributed by atoms with Crippen LogP contribution in [0.1, 0.15) is 18.1 Å². The normalized spacial score (nSPS) is 11.3. The first kappa shape index (κ1) is 18.8. The molecular formula is C20H27FN4. The van der Waals surface area contributed by atoms with Gasteiger partial charge in [-0.2, -0.15) is 0 Å². The zero-order valence-electron chi connectivity index (χ0n) is 15.2. The SMILES string of the molecule is CCNC(=NCc1cccc(N(C)C)c1)NCCc1ccc(F)cc1. The van der Waals surface area contributed by atoms with E-state index in [2.05, 4.69) is 44.8 Å². The van der Waals surface area contributed by atoms with Crippen molar-refractivity contribution >= 4 is 11.6 Å². The molecule has 2 N–H and O–H groups in total. The van der Waals surface area contributed by atoms with Gasteiger partial charge in [-0.1, -0.05) is 24.3 Å². The van der Waals surface area contributed by atoms with Crippen LogP contribution in [-0.2, 0) is 13.0 Å². The van der Waals surface area contributed by atoms with E-state index in [1.54, 1.807) is 0 Å². The summed E-state index contributed by atoms with van der Waals surface area (Å²) in [5, 5.41) is 6.58. The largest absolute Gasteiger partial charge is 0.378 e. The van der Waals surface area contributed by atoms with Gasteiger partial charge in [-0.15, -0.1) is 0 Å². The molecule has 25 heavy (non-hydrogen) atoms. The van der Waals surface area contributed by atoms with Gasteiger partial charge >= 0.3 is 0 Å². The van der Waals surface area contributed by atoms with Gasteiger partial charge in [0.2, 0.25) is 0 Å². The number of hydrogen-bond donors (Lipinski definition) is 2. The summed E-state index contributed by atoms with van der Waals surface area (Å²) in [7, 11) is 4.06. The molecule has 0 unspecified atom stereocenters. The average molecular weight is 342 g/mol. The molecular weight excluding hydrogens is 315 g/mol. The predicted octanol–water partition coefficient (Wildman–Crippen LogP) is 3.19. The molecule has 0 amide bonds. The lowest BCUT2D eigenvalue weighted by Crippen LogP contribution is -2.38. The number of benzene rings is 2. The maximum absolute atomic E-state index is 12.9. The first-order valence-corrected chi connectivity index (χ1v) is 8.61. The lowest BCUT2D eigenvalue weighted by molar-refractivity contribution is 0.626. The monoisotopic (exact) mass is 342 g/mol. The number of nitrogens with one attached hydrogen (secondary N) is 2. The minimum atomic E-state index is -0.202. The molecule has 0 saturated heterocycles. The Kier molecular flexibility index (Phi) is 7.26. The summed E-state index contributed by atoms with van der Waals surface area (Å²) in [6, 6.07) is 15.0. The lowest BCUT2D eigenvalue weighted by Gasteiger charge is -2.14. The highest BCUT2D eigenvalue weighted by atomic mass is 19.1. The zero-order chi connectivity index (χ0) is 18.1. The van der Waals surface area contributed by atoms with Crippen molar-refractivity contribution in [3.05, 3.63) is 65.5 Å². The van der Waals surface area contributed by atoms with Gasteiger partial charge in [0.05, 0.1) is 6.54 Å². The van der Waals surface area contributed by atoms with Crippen molar-refractivity contribution in [3.8, 4) is 0 Å². The number of anilines is 1. The minimum Gasteiger partial charge on any atom is -0.378 e. The summed E-state index contributed by atoms with van der Waals surface area (Å²) in [6.07, 6.45) is 0.820. The van der Waals surface area contributed by atoms with Crippen molar-refractivity contribution in [1.82, 2.24) is 10.6 Å².